The zero-order valence-corrected chi connectivity index (χ0v) is 17.6. The highest BCUT2D eigenvalue weighted by Crippen LogP contribution is 2.16. The number of nitrogen functional groups attached to an aromatic ring is 1. The highest BCUT2D eigenvalue weighted by Gasteiger charge is 2.24. The van der Waals surface area contributed by atoms with Gasteiger partial charge in [0.2, 0.25) is 11.5 Å². The number of hydrogen-bond donors (Lipinski definition) is 2. The van der Waals surface area contributed by atoms with Crippen molar-refractivity contribution in [3.8, 4) is 0 Å². The topological polar surface area (TPSA) is 93.4 Å². The number of fused-ring (bicyclic) bond motifs is 2. The molecule has 7 heteroatoms. The number of allylic oxidation sites excluding steroid dienone is 1. The van der Waals surface area contributed by atoms with E-state index in [1.807, 2.05) is 44.2 Å². The summed E-state index contributed by atoms with van der Waals surface area (Å²) in [7, 11) is 0. The fraction of sp³-hybridized carbons (Fsp3) is 0.167. The lowest BCUT2D eigenvalue weighted by atomic mass is 10.1. The number of nitrogens with zero attached hydrogens (tertiary/aromatic N) is 3. The molecule has 0 saturated carbocycles. The summed E-state index contributed by atoms with van der Waals surface area (Å²) in [4.78, 5) is 30.9. The summed E-state index contributed by atoms with van der Waals surface area (Å²) in [5.74, 6) is -0.120. The first-order valence-electron chi connectivity index (χ1n) is 9.99. The van der Waals surface area contributed by atoms with Crippen LogP contribution in [0.25, 0.3) is 16.7 Å². The summed E-state index contributed by atoms with van der Waals surface area (Å²) >= 11 is 0. The Morgan fingerprint density at radius 1 is 1.26 bits per heavy atom. The third-order valence-corrected chi connectivity index (χ3v) is 5.31. The van der Waals surface area contributed by atoms with Crippen molar-refractivity contribution in [1.82, 2.24) is 14.7 Å². The number of hydrogen-bond acceptors (Lipinski definition) is 4. The molecule has 0 spiro atoms. The van der Waals surface area contributed by atoms with E-state index in [9.17, 15) is 9.59 Å². The molecule has 1 amide bonds. The molecule has 0 radical (unpaired) electrons. The second kappa shape index (κ2) is 8.02. The minimum Gasteiger partial charge on any atom is -0.348 e. The van der Waals surface area contributed by atoms with E-state index in [1.165, 1.54) is 10.5 Å². The van der Waals surface area contributed by atoms with Crippen LogP contribution in [-0.4, -0.2) is 15.3 Å². The van der Waals surface area contributed by atoms with Gasteiger partial charge >= 0.3 is 0 Å². The fourth-order valence-electron chi connectivity index (χ4n) is 3.59. The van der Waals surface area contributed by atoms with Crippen LogP contribution in [-0.2, 0) is 13.1 Å². The molecule has 7 nitrogen and oxygen atoms in total. The van der Waals surface area contributed by atoms with Gasteiger partial charge in [-0.2, -0.15) is 0 Å². The van der Waals surface area contributed by atoms with E-state index in [4.69, 9.17) is 5.73 Å². The maximum atomic E-state index is 13.2. The number of amides is 1. The second-order valence-corrected chi connectivity index (χ2v) is 7.55. The number of carbonyl (C=O) groups is 1. The molecule has 3 N–H and O–H groups in total. The lowest BCUT2D eigenvalue weighted by molar-refractivity contribution is -0.648. The van der Waals surface area contributed by atoms with Crippen LogP contribution in [0.1, 0.15) is 27.0 Å². The lowest BCUT2D eigenvalue weighted by Gasteiger charge is -2.12. The van der Waals surface area contributed by atoms with E-state index < -0.39 is 0 Å². The average Bonchev–Trinajstić information content (AvgIpc) is 2.76. The van der Waals surface area contributed by atoms with E-state index >= 15 is 0 Å². The van der Waals surface area contributed by atoms with Crippen LogP contribution >= 0.6 is 0 Å². The maximum Gasteiger partial charge on any atom is 0.278 e. The third kappa shape index (κ3) is 3.66. The Balaban J connectivity index is 1.84. The number of aryl methyl sites for hydroxylation is 2. The molecular formula is C24H24N5O2+. The van der Waals surface area contributed by atoms with Gasteiger partial charge in [-0.25, -0.2) is 4.57 Å². The van der Waals surface area contributed by atoms with Crippen LogP contribution < -0.4 is 21.2 Å². The first-order valence-corrected chi connectivity index (χ1v) is 9.99. The van der Waals surface area contributed by atoms with Crippen molar-refractivity contribution in [1.29, 1.82) is 0 Å². The standard InChI is InChI=1S/C24H23N5O2/c1-4-11-28-20(25)18(23(30)26-14-17-9-7-15(2)8-10-17)13-19-22(28)27-21-16(3)6-5-12-29(21)24(19)31/h4-10,12-13,25H,1,11,14H2,2-3H3,(H,26,30)/p+1. The number of nitrogens with two attached hydrogens (primary N) is 1. The molecule has 0 aliphatic carbocycles. The van der Waals surface area contributed by atoms with Crippen LogP contribution in [0.2, 0.25) is 0 Å². The van der Waals surface area contributed by atoms with Crippen LogP contribution in [0.15, 0.2) is 66.1 Å². The molecule has 0 bridgehead atoms. The summed E-state index contributed by atoms with van der Waals surface area (Å²) in [5, 5.41) is 3.21. The number of rotatable bonds is 5. The molecule has 156 valence electrons. The smallest absolute Gasteiger partial charge is 0.278 e. The minimum absolute atomic E-state index is 0.230. The molecule has 3 heterocycles. The van der Waals surface area contributed by atoms with Gasteiger partial charge in [0.25, 0.3) is 17.1 Å². The van der Waals surface area contributed by atoms with Crippen molar-refractivity contribution in [2.45, 2.75) is 26.9 Å². The Morgan fingerprint density at radius 2 is 2.00 bits per heavy atom. The molecular weight excluding hydrogens is 390 g/mol. The zero-order valence-electron chi connectivity index (χ0n) is 17.6. The van der Waals surface area contributed by atoms with Crippen LogP contribution in [0.4, 0.5) is 5.82 Å². The van der Waals surface area contributed by atoms with Crippen molar-refractivity contribution < 1.29 is 9.36 Å². The summed E-state index contributed by atoms with van der Waals surface area (Å²) in [5.41, 5.74) is 10.3. The Labute approximate surface area is 179 Å². The number of aromatic nitrogens is 3. The van der Waals surface area contributed by atoms with Crippen molar-refractivity contribution in [2.75, 3.05) is 5.73 Å². The zero-order chi connectivity index (χ0) is 22.1. The Morgan fingerprint density at radius 3 is 2.71 bits per heavy atom. The number of benzene rings is 1. The van der Waals surface area contributed by atoms with E-state index in [-0.39, 0.29) is 22.8 Å². The molecule has 31 heavy (non-hydrogen) atoms. The van der Waals surface area contributed by atoms with Crippen molar-refractivity contribution in [2.24, 2.45) is 0 Å². The van der Waals surface area contributed by atoms with Gasteiger partial charge in [-0.05, 0) is 31.5 Å². The van der Waals surface area contributed by atoms with Crippen LogP contribution in [0.3, 0.4) is 0 Å². The quantitative estimate of drug-likeness (QED) is 0.298. The number of carbonyl (C=O) groups excluding carboxylic acids is 1. The van der Waals surface area contributed by atoms with E-state index in [1.54, 1.807) is 22.9 Å². The van der Waals surface area contributed by atoms with Crippen molar-refractivity contribution in [3.05, 3.63) is 93.9 Å². The van der Waals surface area contributed by atoms with Crippen LogP contribution in [0.5, 0.6) is 0 Å². The summed E-state index contributed by atoms with van der Waals surface area (Å²) in [6, 6.07) is 13.1. The van der Waals surface area contributed by atoms with Gasteiger partial charge in [0.15, 0.2) is 0 Å². The van der Waals surface area contributed by atoms with E-state index in [0.717, 1.165) is 16.7 Å². The third-order valence-electron chi connectivity index (χ3n) is 5.31. The maximum absolute atomic E-state index is 13.2. The Kier molecular flexibility index (Phi) is 5.25. The van der Waals surface area contributed by atoms with Gasteiger partial charge in [0, 0.05) is 18.3 Å². The van der Waals surface area contributed by atoms with E-state index in [2.05, 4.69) is 16.9 Å². The fourth-order valence-corrected chi connectivity index (χ4v) is 3.59. The normalized spacial score (nSPS) is 11.0. The van der Waals surface area contributed by atoms with Gasteiger partial charge in [0.1, 0.15) is 10.9 Å². The van der Waals surface area contributed by atoms with Crippen LogP contribution in [0, 0.1) is 13.8 Å². The predicted octanol–water partition coefficient (Wildman–Crippen LogP) is 2.45. The molecule has 0 aliphatic heterocycles. The van der Waals surface area contributed by atoms with Gasteiger partial charge in [-0.3, -0.25) is 14.0 Å². The summed E-state index contributed by atoms with van der Waals surface area (Å²) in [6.45, 7) is 8.34. The molecule has 0 fully saturated rings. The average molecular weight is 414 g/mol. The van der Waals surface area contributed by atoms with Gasteiger partial charge in [0.05, 0.1) is 6.54 Å². The number of pyridine rings is 2. The SMILES string of the molecule is C=CC[n+]1c(N)c(C(=O)NCc2ccc(C)cc2)cc2c(=O)n3cccc(C)c3nc21. The Hall–Kier alpha value is -4.00. The predicted molar refractivity (Wildman–Crippen MR) is 121 cm³/mol. The molecule has 1 aromatic carbocycles. The second-order valence-electron chi connectivity index (χ2n) is 7.55. The lowest BCUT2D eigenvalue weighted by Crippen LogP contribution is -2.42. The number of anilines is 1. The van der Waals surface area contributed by atoms with Gasteiger partial charge in [-0.15, -0.1) is 0 Å². The monoisotopic (exact) mass is 414 g/mol. The van der Waals surface area contributed by atoms with Crippen molar-refractivity contribution >= 4 is 28.4 Å². The minimum atomic E-state index is -0.355. The first kappa shape index (κ1) is 20.3. The largest absolute Gasteiger partial charge is 0.348 e. The number of nitrogens with one attached hydrogen (secondary N) is 1. The molecule has 0 atom stereocenters. The van der Waals surface area contributed by atoms with Gasteiger partial charge in [-0.1, -0.05) is 53.5 Å². The summed E-state index contributed by atoms with van der Waals surface area (Å²) in [6.07, 6.45) is 3.33. The highest BCUT2D eigenvalue weighted by atomic mass is 16.1. The highest BCUT2D eigenvalue weighted by molar-refractivity contribution is 6.00. The Bertz CT molecular complexity index is 1390. The molecule has 0 unspecified atom stereocenters. The molecule has 4 aromatic rings. The summed E-state index contributed by atoms with van der Waals surface area (Å²) < 4.78 is 3.14. The van der Waals surface area contributed by atoms with Crippen molar-refractivity contribution in [3.63, 3.8) is 0 Å². The molecule has 0 saturated heterocycles. The molecule has 0 aliphatic rings. The molecule has 4 rings (SSSR count). The first-order chi connectivity index (χ1) is 14.9. The van der Waals surface area contributed by atoms with Gasteiger partial charge < -0.3 is 11.1 Å². The van der Waals surface area contributed by atoms with E-state index in [0.29, 0.717) is 29.8 Å². The molecule has 3 aromatic heterocycles.